The average molecular weight is 328 g/mol. The van der Waals surface area contributed by atoms with Crippen molar-refractivity contribution >= 4 is 5.97 Å². The van der Waals surface area contributed by atoms with Crippen molar-refractivity contribution in [2.45, 2.75) is 105 Å². The fourth-order valence-corrected chi connectivity index (χ4v) is 4.94. The summed E-state index contributed by atoms with van der Waals surface area (Å²) in [6.45, 7) is 8.85. The fraction of sp³-hybridized carbons (Fsp3) is 0.950. The van der Waals surface area contributed by atoms with Gasteiger partial charge in [0.1, 0.15) is 0 Å². The molecule has 0 radical (unpaired) electrons. The van der Waals surface area contributed by atoms with Gasteiger partial charge < -0.3 is 11.3 Å². The summed E-state index contributed by atoms with van der Waals surface area (Å²) in [6.07, 6.45) is 13.6. The number of aliphatic carboxylic acids is 1. The van der Waals surface area contributed by atoms with Crippen LogP contribution in [0.15, 0.2) is 0 Å². The molecule has 2 unspecified atom stereocenters. The van der Waals surface area contributed by atoms with Crippen molar-refractivity contribution in [1.82, 2.24) is 6.15 Å². The highest BCUT2D eigenvalue weighted by molar-refractivity contribution is 5.81. The molecule has 3 nitrogen and oxygen atoms in total. The Labute approximate surface area is 144 Å². The third kappa shape index (κ3) is 4.29. The van der Waals surface area contributed by atoms with Crippen LogP contribution in [0.25, 0.3) is 0 Å². The number of carboxylic acids is 1. The molecule has 1 aliphatic rings. The first kappa shape index (κ1) is 22.4. The van der Waals surface area contributed by atoms with E-state index < -0.39 is 11.4 Å². The molecule has 138 valence electrons. The second-order valence-electron chi connectivity index (χ2n) is 7.44. The molecular formula is C20H41NO2. The SMILES string of the molecule is CCCCC1C(CCCC)(CCCC)C1(CCCC)C(=O)O.N. The van der Waals surface area contributed by atoms with Gasteiger partial charge >= 0.3 is 5.97 Å². The Morgan fingerprint density at radius 1 is 0.826 bits per heavy atom. The van der Waals surface area contributed by atoms with Gasteiger partial charge in [0, 0.05) is 0 Å². The van der Waals surface area contributed by atoms with Crippen LogP contribution in [0, 0.1) is 16.7 Å². The summed E-state index contributed by atoms with van der Waals surface area (Å²) in [7, 11) is 0. The van der Waals surface area contributed by atoms with Gasteiger partial charge in [-0.3, -0.25) is 4.79 Å². The van der Waals surface area contributed by atoms with Crippen LogP contribution in [-0.2, 0) is 4.79 Å². The maximum Gasteiger partial charge on any atom is 0.310 e. The van der Waals surface area contributed by atoms with Crippen LogP contribution in [-0.4, -0.2) is 11.1 Å². The molecule has 2 atom stereocenters. The second kappa shape index (κ2) is 10.3. The third-order valence-corrected chi connectivity index (χ3v) is 6.17. The zero-order valence-electron chi connectivity index (χ0n) is 16.1. The second-order valence-corrected chi connectivity index (χ2v) is 7.44. The minimum absolute atomic E-state index is 0. The van der Waals surface area contributed by atoms with Crippen LogP contribution in [0.5, 0.6) is 0 Å². The van der Waals surface area contributed by atoms with E-state index in [2.05, 4.69) is 27.7 Å². The number of hydrogen-bond acceptors (Lipinski definition) is 2. The Bertz CT molecular complexity index is 335. The lowest BCUT2D eigenvalue weighted by Gasteiger charge is -2.23. The van der Waals surface area contributed by atoms with E-state index in [9.17, 15) is 9.90 Å². The van der Waals surface area contributed by atoms with E-state index in [1.165, 1.54) is 38.5 Å². The highest BCUT2D eigenvalue weighted by atomic mass is 16.4. The minimum Gasteiger partial charge on any atom is -0.481 e. The number of unbranched alkanes of at least 4 members (excludes halogenated alkanes) is 4. The van der Waals surface area contributed by atoms with Crippen molar-refractivity contribution in [3.05, 3.63) is 0 Å². The third-order valence-electron chi connectivity index (χ3n) is 6.17. The average Bonchev–Trinajstić information content (AvgIpc) is 3.08. The molecule has 4 N–H and O–H groups in total. The van der Waals surface area contributed by atoms with E-state index in [0.29, 0.717) is 5.92 Å². The molecule has 0 spiro atoms. The van der Waals surface area contributed by atoms with Gasteiger partial charge in [-0.05, 0) is 37.0 Å². The molecule has 1 fully saturated rings. The van der Waals surface area contributed by atoms with Gasteiger partial charge in [-0.2, -0.15) is 0 Å². The van der Waals surface area contributed by atoms with E-state index in [4.69, 9.17) is 0 Å². The van der Waals surface area contributed by atoms with E-state index >= 15 is 0 Å². The molecule has 0 saturated heterocycles. The summed E-state index contributed by atoms with van der Waals surface area (Å²) in [5.41, 5.74) is -0.294. The zero-order valence-corrected chi connectivity index (χ0v) is 16.1. The van der Waals surface area contributed by atoms with Gasteiger partial charge in [-0.25, -0.2) is 0 Å². The molecule has 0 aliphatic heterocycles. The first-order chi connectivity index (χ1) is 10.6. The Morgan fingerprint density at radius 2 is 1.26 bits per heavy atom. The van der Waals surface area contributed by atoms with Gasteiger partial charge in [0.15, 0.2) is 0 Å². The standard InChI is InChI=1S/C20H38O2.H3N/c1-5-9-13-17-19(14-10-6-2,15-11-7-3)20(17,18(21)22)16-12-8-4;/h17H,5-16H2,1-4H3,(H,21,22);1H3. The van der Waals surface area contributed by atoms with Crippen LogP contribution in [0.2, 0.25) is 0 Å². The summed E-state index contributed by atoms with van der Waals surface area (Å²) in [5, 5.41) is 10.1. The smallest absolute Gasteiger partial charge is 0.310 e. The van der Waals surface area contributed by atoms with Crippen LogP contribution in [0.4, 0.5) is 0 Å². The van der Waals surface area contributed by atoms with Crippen molar-refractivity contribution in [2.75, 3.05) is 0 Å². The van der Waals surface area contributed by atoms with Crippen molar-refractivity contribution < 1.29 is 9.90 Å². The summed E-state index contributed by atoms with van der Waals surface area (Å²) in [4.78, 5) is 12.3. The van der Waals surface area contributed by atoms with Gasteiger partial charge in [-0.1, -0.05) is 79.1 Å². The quantitative estimate of drug-likeness (QED) is 0.400. The molecular weight excluding hydrogens is 286 g/mol. The number of carboxylic acid groups (broad SMARTS) is 1. The Balaban J connectivity index is 0.00000484. The molecule has 0 aromatic heterocycles. The van der Waals surface area contributed by atoms with Crippen LogP contribution in [0.1, 0.15) is 105 Å². The van der Waals surface area contributed by atoms with E-state index in [1.807, 2.05) is 0 Å². The predicted octanol–water partition coefficient (Wildman–Crippen LogP) is 6.60. The molecule has 1 rings (SSSR count). The van der Waals surface area contributed by atoms with Crippen molar-refractivity contribution in [2.24, 2.45) is 16.7 Å². The number of hydrogen-bond donors (Lipinski definition) is 2. The molecule has 0 aromatic rings. The maximum absolute atomic E-state index is 12.3. The van der Waals surface area contributed by atoms with Gasteiger partial charge in [0.2, 0.25) is 0 Å². The molecule has 0 aromatic carbocycles. The van der Waals surface area contributed by atoms with Crippen molar-refractivity contribution in [3.63, 3.8) is 0 Å². The Kier molecular flexibility index (Phi) is 10.1. The molecule has 0 heterocycles. The molecule has 0 amide bonds. The van der Waals surface area contributed by atoms with Crippen LogP contribution < -0.4 is 6.15 Å². The lowest BCUT2D eigenvalue weighted by molar-refractivity contribution is -0.146. The summed E-state index contributed by atoms with van der Waals surface area (Å²) in [6, 6.07) is 0. The first-order valence-corrected chi connectivity index (χ1v) is 9.80. The Hall–Kier alpha value is -0.570. The van der Waals surface area contributed by atoms with E-state index in [-0.39, 0.29) is 11.6 Å². The highest BCUT2D eigenvalue weighted by Crippen LogP contribution is 2.77. The number of rotatable bonds is 13. The highest BCUT2D eigenvalue weighted by Gasteiger charge is 2.77. The summed E-state index contributed by atoms with van der Waals surface area (Å²) >= 11 is 0. The molecule has 23 heavy (non-hydrogen) atoms. The maximum atomic E-state index is 12.3. The lowest BCUT2D eigenvalue weighted by Crippen LogP contribution is -2.24. The molecule has 0 bridgehead atoms. The monoisotopic (exact) mass is 327 g/mol. The van der Waals surface area contributed by atoms with Crippen molar-refractivity contribution in [1.29, 1.82) is 0 Å². The van der Waals surface area contributed by atoms with E-state index in [1.54, 1.807) is 0 Å². The molecule has 1 aliphatic carbocycles. The van der Waals surface area contributed by atoms with Gasteiger partial charge in [0.25, 0.3) is 0 Å². The summed E-state index contributed by atoms with van der Waals surface area (Å²) < 4.78 is 0. The first-order valence-electron chi connectivity index (χ1n) is 9.80. The van der Waals surface area contributed by atoms with Crippen molar-refractivity contribution in [3.8, 4) is 0 Å². The van der Waals surface area contributed by atoms with Gasteiger partial charge in [0.05, 0.1) is 5.41 Å². The van der Waals surface area contributed by atoms with E-state index in [0.717, 1.165) is 38.5 Å². The molecule has 3 heteroatoms. The Morgan fingerprint density at radius 3 is 1.65 bits per heavy atom. The molecule has 1 saturated carbocycles. The number of carbonyl (C=O) groups is 1. The normalized spacial score (nSPS) is 25.0. The van der Waals surface area contributed by atoms with Crippen LogP contribution >= 0.6 is 0 Å². The summed E-state index contributed by atoms with van der Waals surface area (Å²) in [5.74, 6) is -0.0589. The van der Waals surface area contributed by atoms with Gasteiger partial charge in [-0.15, -0.1) is 0 Å². The largest absolute Gasteiger partial charge is 0.481 e. The predicted molar refractivity (Wildman–Crippen MR) is 99.1 cm³/mol. The topological polar surface area (TPSA) is 72.3 Å². The zero-order chi connectivity index (χ0) is 16.6. The lowest BCUT2D eigenvalue weighted by atomic mass is 9.81. The minimum atomic E-state index is -0.491. The van der Waals surface area contributed by atoms with Crippen LogP contribution in [0.3, 0.4) is 0 Å². The fourth-order valence-electron chi connectivity index (χ4n) is 4.94.